The lowest BCUT2D eigenvalue weighted by atomic mass is 10.2. The Kier molecular flexibility index (Phi) is 5.65. The summed E-state index contributed by atoms with van der Waals surface area (Å²) in [6, 6.07) is 6.32. The van der Waals surface area contributed by atoms with Crippen molar-refractivity contribution < 1.29 is 35.6 Å². The van der Waals surface area contributed by atoms with Crippen LogP contribution in [-0.4, -0.2) is 47.2 Å². The van der Waals surface area contributed by atoms with Gasteiger partial charge < -0.3 is 9.26 Å². The average molecular weight is 444 g/mol. The molecule has 0 spiro atoms. The predicted octanol–water partition coefficient (Wildman–Crippen LogP) is 2.59. The number of carbonyl (C=O) groups excluding carboxylic acids is 1. The molecule has 2 heterocycles. The van der Waals surface area contributed by atoms with E-state index in [2.05, 4.69) is 15.2 Å². The summed E-state index contributed by atoms with van der Waals surface area (Å²) < 4.78 is 73.3. The van der Waals surface area contributed by atoms with Crippen molar-refractivity contribution in [1.29, 1.82) is 0 Å². The number of sulfone groups is 1. The van der Waals surface area contributed by atoms with E-state index in [1.165, 1.54) is 24.3 Å². The number of nitrogens with zero attached hydrogens (tertiary/aromatic N) is 4. The second kappa shape index (κ2) is 7.89. The van der Waals surface area contributed by atoms with Crippen LogP contribution < -0.4 is 0 Å². The minimum Gasteiger partial charge on any atom is -0.465 e. The number of hydrogen-bond acceptors (Lipinski definition) is 8. The van der Waals surface area contributed by atoms with Gasteiger partial charge in [-0.1, -0.05) is 11.2 Å². The number of halogens is 3. The standard InChI is InChI=1S/C17H15F3N4O5S/c1-3-28-14(25)9-24-12(8-13(22-24)17(18,19)20)15-21-16(29-23-15)10-5-4-6-11(7-10)30(2,26)27/h4-8H,3,9H2,1-2H3. The number of hydrogen-bond donors (Lipinski definition) is 0. The molecule has 0 fully saturated rings. The molecule has 0 amide bonds. The Balaban J connectivity index is 2.02. The van der Waals surface area contributed by atoms with Gasteiger partial charge in [0.1, 0.15) is 12.2 Å². The highest BCUT2D eigenvalue weighted by Crippen LogP contribution is 2.32. The fourth-order valence-electron chi connectivity index (χ4n) is 2.49. The van der Waals surface area contributed by atoms with E-state index in [0.29, 0.717) is 6.07 Å². The normalized spacial score (nSPS) is 12.2. The van der Waals surface area contributed by atoms with Gasteiger partial charge in [-0.3, -0.25) is 4.79 Å². The number of alkyl halides is 3. The first kappa shape index (κ1) is 21.5. The van der Waals surface area contributed by atoms with Crippen molar-refractivity contribution in [3.05, 3.63) is 36.0 Å². The van der Waals surface area contributed by atoms with Crippen LogP contribution in [-0.2, 0) is 32.1 Å². The van der Waals surface area contributed by atoms with Gasteiger partial charge in [0.2, 0.25) is 5.82 Å². The number of aromatic nitrogens is 4. The molecule has 13 heteroatoms. The summed E-state index contributed by atoms with van der Waals surface area (Å²) in [5.74, 6) is -1.17. The maximum absolute atomic E-state index is 13.1. The highest BCUT2D eigenvalue weighted by molar-refractivity contribution is 7.90. The summed E-state index contributed by atoms with van der Waals surface area (Å²) in [5.41, 5.74) is -1.21. The van der Waals surface area contributed by atoms with Crippen LogP contribution in [0.4, 0.5) is 13.2 Å². The van der Waals surface area contributed by atoms with Crippen molar-refractivity contribution in [1.82, 2.24) is 19.9 Å². The summed E-state index contributed by atoms with van der Waals surface area (Å²) in [4.78, 5) is 15.8. The molecule has 0 saturated heterocycles. The average Bonchev–Trinajstić information content (AvgIpc) is 3.28. The first-order chi connectivity index (χ1) is 14.0. The van der Waals surface area contributed by atoms with Gasteiger partial charge in [-0.25, -0.2) is 13.1 Å². The molecule has 0 aliphatic heterocycles. The molecule has 0 N–H and O–H groups in total. The molecule has 30 heavy (non-hydrogen) atoms. The van der Waals surface area contributed by atoms with E-state index in [9.17, 15) is 26.4 Å². The second-order valence-electron chi connectivity index (χ2n) is 6.10. The summed E-state index contributed by atoms with van der Waals surface area (Å²) in [5, 5.41) is 7.05. The van der Waals surface area contributed by atoms with Gasteiger partial charge >= 0.3 is 12.1 Å². The third kappa shape index (κ3) is 4.67. The van der Waals surface area contributed by atoms with Crippen LogP contribution in [0.3, 0.4) is 0 Å². The molecule has 160 valence electrons. The number of carbonyl (C=O) groups is 1. The number of rotatable bonds is 6. The van der Waals surface area contributed by atoms with Crippen LogP contribution in [0.15, 0.2) is 39.8 Å². The van der Waals surface area contributed by atoms with Gasteiger partial charge in [0.25, 0.3) is 5.89 Å². The number of esters is 1. The summed E-state index contributed by atoms with van der Waals surface area (Å²) >= 11 is 0. The molecule has 0 saturated carbocycles. The minimum atomic E-state index is -4.76. The molecule has 0 radical (unpaired) electrons. The Hall–Kier alpha value is -3.22. The van der Waals surface area contributed by atoms with Crippen LogP contribution in [0, 0.1) is 0 Å². The third-order valence-corrected chi connectivity index (χ3v) is 4.93. The molecule has 9 nitrogen and oxygen atoms in total. The molecule has 0 aliphatic rings. The third-order valence-electron chi connectivity index (χ3n) is 3.82. The Morgan fingerprint density at radius 3 is 2.63 bits per heavy atom. The van der Waals surface area contributed by atoms with E-state index in [4.69, 9.17) is 9.26 Å². The Morgan fingerprint density at radius 2 is 2.00 bits per heavy atom. The van der Waals surface area contributed by atoms with Crippen LogP contribution in [0.25, 0.3) is 23.0 Å². The summed E-state index contributed by atoms with van der Waals surface area (Å²) in [6.45, 7) is 1.01. The maximum atomic E-state index is 13.1. The molecular formula is C17H15F3N4O5S. The van der Waals surface area contributed by atoms with Crippen LogP contribution in [0.2, 0.25) is 0 Å². The highest BCUT2D eigenvalue weighted by atomic mass is 32.2. The molecule has 0 bridgehead atoms. The van der Waals surface area contributed by atoms with E-state index in [1.807, 2.05) is 0 Å². The Morgan fingerprint density at radius 1 is 1.27 bits per heavy atom. The Bertz CT molecular complexity index is 1180. The minimum absolute atomic E-state index is 0.00598. The quantitative estimate of drug-likeness (QED) is 0.533. The van der Waals surface area contributed by atoms with Crippen LogP contribution in [0.1, 0.15) is 12.6 Å². The zero-order valence-electron chi connectivity index (χ0n) is 15.7. The van der Waals surface area contributed by atoms with E-state index in [0.717, 1.165) is 10.9 Å². The molecule has 3 aromatic rings. The van der Waals surface area contributed by atoms with Gasteiger partial charge in [0.05, 0.1) is 11.5 Å². The molecule has 0 atom stereocenters. The van der Waals surface area contributed by atoms with Gasteiger partial charge in [0, 0.05) is 11.8 Å². The van der Waals surface area contributed by atoms with Crippen molar-refractivity contribution in [3.8, 4) is 23.0 Å². The molecular weight excluding hydrogens is 429 g/mol. The van der Waals surface area contributed by atoms with Crippen molar-refractivity contribution in [2.75, 3.05) is 12.9 Å². The van der Waals surface area contributed by atoms with E-state index < -0.39 is 34.2 Å². The van der Waals surface area contributed by atoms with Gasteiger partial charge in [-0.15, -0.1) is 0 Å². The number of benzene rings is 1. The monoisotopic (exact) mass is 444 g/mol. The van der Waals surface area contributed by atoms with Crippen molar-refractivity contribution >= 4 is 15.8 Å². The molecule has 0 unspecified atom stereocenters. The molecule has 0 aliphatic carbocycles. The topological polar surface area (TPSA) is 117 Å². The highest BCUT2D eigenvalue weighted by Gasteiger charge is 2.36. The van der Waals surface area contributed by atoms with Crippen molar-refractivity contribution in [2.24, 2.45) is 0 Å². The lowest BCUT2D eigenvalue weighted by molar-refractivity contribution is -0.146. The Labute approximate surface area is 168 Å². The summed E-state index contributed by atoms with van der Waals surface area (Å²) in [6.07, 6.45) is -3.73. The maximum Gasteiger partial charge on any atom is 0.435 e. The van der Waals surface area contributed by atoms with E-state index in [-0.39, 0.29) is 34.5 Å². The van der Waals surface area contributed by atoms with E-state index in [1.54, 1.807) is 6.92 Å². The predicted molar refractivity (Wildman–Crippen MR) is 95.7 cm³/mol. The lowest BCUT2D eigenvalue weighted by Gasteiger charge is -2.04. The smallest absolute Gasteiger partial charge is 0.435 e. The van der Waals surface area contributed by atoms with Gasteiger partial charge in [-0.2, -0.15) is 23.3 Å². The lowest BCUT2D eigenvalue weighted by Crippen LogP contribution is -2.16. The molecule has 3 rings (SSSR count). The van der Waals surface area contributed by atoms with Crippen molar-refractivity contribution in [3.63, 3.8) is 0 Å². The second-order valence-corrected chi connectivity index (χ2v) is 8.11. The first-order valence-electron chi connectivity index (χ1n) is 8.44. The van der Waals surface area contributed by atoms with Crippen molar-refractivity contribution in [2.45, 2.75) is 24.5 Å². The van der Waals surface area contributed by atoms with Crippen LogP contribution >= 0.6 is 0 Å². The zero-order valence-corrected chi connectivity index (χ0v) is 16.5. The fourth-order valence-corrected chi connectivity index (χ4v) is 3.16. The SMILES string of the molecule is CCOC(=O)Cn1nc(C(F)(F)F)cc1-c1noc(-c2cccc(S(C)(=O)=O)c2)n1. The summed E-state index contributed by atoms with van der Waals surface area (Å²) in [7, 11) is -3.50. The van der Waals surface area contributed by atoms with E-state index >= 15 is 0 Å². The zero-order chi connectivity index (χ0) is 22.1. The molecule has 1 aromatic carbocycles. The fraction of sp³-hybridized carbons (Fsp3) is 0.294. The van der Waals surface area contributed by atoms with Crippen LogP contribution in [0.5, 0.6) is 0 Å². The first-order valence-corrected chi connectivity index (χ1v) is 10.3. The number of ether oxygens (including phenoxy) is 1. The van der Waals surface area contributed by atoms with Gasteiger partial charge in [0.15, 0.2) is 15.5 Å². The van der Waals surface area contributed by atoms with Gasteiger partial charge in [-0.05, 0) is 31.2 Å². The largest absolute Gasteiger partial charge is 0.465 e. The molecule has 2 aromatic heterocycles.